The molecule has 0 bridgehead atoms. The zero-order valence-electron chi connectivity index (χ0n) is 11.0. The second kappa shape index (κ2) is 5.86. The van der Waals surface area contributed by atoms with Crippen LogP contribution in [0, 0.1) is 5.92 Å². The molecular weight excluding hydrogens is 194 g/mol. The molecule has 92 valence electrons. The molecule has 0 saturated heterocycles. The lowest BCUT2D eigenvalue weighted by atomic mass is 10.00. The highest BCUT2D eigenvalue weighted by atomic mass is 15.2. The smallest absolute Gasteiger partial charge is 0.00955 e. The summed E-state index contributed by atoms with van der Waals surface area (Å²) in [5, 5.41) is 0. The SMILES string of the molecule is CC(C)CC1=CCCN(C2CCCC2)CC1. The van der Waals surface area contributed by atoms with E-state index in [2.05, 4.69) is 24.8 Å². The summed E-state index contributed by atoms with van der Waals surface area (Å²) >= 11 is 0. The van der Waals surface area contributed by atoms with Gasteiger partial charge in [0.05, 0.1) is 0 Å². The third kappa shape index (κ3) is 3.35. The summed E-state index contributed by atoms with van der Waals surface area (Å²) in [6.07, 6.45) is 12.3. The predicted octanol–water partition coefficient (Wildman–Crippen LogP) is 4.00. The van der Waals surface area contributed by atoms with E-state index in [1.54, 1.807) is 5.57 Å². The second-order valence-corrected chi connectivity index (χ2v) is 5.97. The Morgan fingerprint density at radius 2 is 2.00 bits per heavy atom. The third-order valence-corrected chi connectivity index (χ3v) is 4.08. The van der Waals surface area contributed by atoms with Crippen molar-refractivity contribution >= 4 is 0 Å². The van der Waals surface area contributed by atoms with Gasteiger partial charge in [0.25, 0.3) is 0 Å². The largest absolute Gasteiger partial charge is 0.300 e. The minimum atomic E-state index is 0.823. The van der Waals surface area contributed by atoms with Gasteiger partial charge in [-0.15, -0.1) is 0 Å². The maximum Gasteiger partial charge on any atom is 0.00955 e. The van der Waals surface area contributed by atoms with Gasteiger partial charge in [0.1, 0.15) is 0 Å². The van der Waals surface area contributed by atoms with Gasteiger partial charge >= 0.3 is 0 Å². The molecule has 0 radical (unpaired) electrons. The van der Waals surface area contributed by atoms with Crippen LogP contribution in [0.1, 0.15) is 58.8 Å². The molecule has 0 aromatic heterocycles. The van der Waals surface area contributed by atoms with E-state index in [9.17, 15) is 0 Å². The normalized spacial score (nSPS) is 24.8. The average molecular weight is 221 g/mol. The van der Waals surface area contributed by atoms with Crippen molar-refractivity contribution in [1.82, 2.24) is 4.90 Å². The maximum absolute atomic E-state index is 2.76. The van der Waals surface area contributed by atoms with Crippen LogP contribution in [0.2, 0.25) is 0 Å². The summed E-state index contributed by atoms with van der Waals surface area (Å²) in [5.41, 5.74) is 1.72. The van der Waals surface area contributed by atoms with Crippen molar-refractivity contribution < 1.29 is 0 Å². The van der Waals surface area contributed by atoms with E-state index in [-0.39, 0.29) is 0 Å². The third-order valence-electron chi connectivity index (χ3n) is 4.08. The van der Waals surface area contributed by atoms with E-state index in [0.29, 0.717) is 0 Å². The predicted molar refractivity (Wildman–Crippen MR) is 70.6 cm³/mol. The first-order valence-corrected chi connectivity index (χ1v) is 7.17. The van der Waals surface area contributed by atoms with E-state index < -0.39 is 0 Å². The molecule has 0 aromatic carbocycles. The Hall–Kier alpha value is -0.300. The van der Waals surface area contributed by atoms with Crippen LogP contribution in [0.4, 0.5) is 0 Å². The van der Waals surface area contributed by atoms with Gasteiger partial charge in [-0.3, -0.25) is 4.90 Å². The van der Waals surface area contributed by atoms with Crippen LogP contribution in [0.5, 0.6) is 0 Å². The molecule has 1 aliphatic heterocycles. The fraction of sp³-hybridized carbons (Fsp3) is 0.867. The van der Waals surface area contributed by atoms with Crippen molar-refractivity contribution in [3.8, 4) is 0 Å². The Balaban J connectivity index is 1.82. The molecular formula is C15H27N. The van der Waals surface area contributed by atoms with E-state index in [1.807, 2.05) is 0 Å². The molecule has 1 nitrogen and oxygen atoms in total. The molecule has 16 heavy (non-hydrogen) atoms. The van der Waals surface area contributed by atoms with Crippen LogP contribution >= 0.6 is 0 Å². The molecule has 1 heteroatoms. The van der Waals surface area contributed by atoms with Crippen LogP contribution in [0.25, 0.3) is 0 Å². The highest BCUT2D eigenvalue weighted by Gasteiger charge is 2.23. The number of nitrogens with zero attached hydrogens (tertiary/aromatic N) is 1. The Labute approximate surface area is 101 Å². The molecule has 0 spiro atoms. The molecule has 0 unspecified atom stereocenters. The molecule has 1 aliphatic carbocycles. The fourth-order valence-corrected chi connectivity index (χ4v) is 3.28. The van der Waals surface area contributed by atoms with E-state index in [0.717, 1.165) is 12.0 Å². The standard InChI is InChI=1S/C15H27N/c1-13(2)12-14-6-5-10-16(11-9-14)15-7-3-4-8-15/h6,13,15H,3-5,7-12H2,1-2H3. The summed E-state index contributed by atoms with van der Waals surface area (Å²) in [5.74, 6) is 0.823. The molecule has 0 aromatic rings. The zero-order chi connectivity index (χ0) is 11.4. The summed E-state index contributed by atoms with van der Waals surface area (Å²) in [6, 6.07) is 0.923. The maximum atomic E-state index is 2.76. The minimum absolute atomic E-state index is 0.823. The van der Waals surface area contributed by atoms with Gasteiger partial charge < -0.3 is 0 Å². The van der Waals surface area contributed by atoms with Crippen LogP contribution in [-0.4, -0.2) is 24.0 Å². The monoisotopic (exact) mass is 221 g/mol. The van der Waals surface area contributed by atoms with Gasteiger partial charge in [0.2, 0.25) is 0 Å². The van der Waals surface area contributed by atoms with Crippen LogP contribution in [-0.2, 0) is 0 Å². The molecule has 2 rings (SSSR count). The van der Waals surface area contributed by atoms with Crippen LogP contribution in [0.15, 0.2) is 11.6 Å². The summed E-state index contributed by atoms with van der Waals surface area (Å²) in [7, 11) is 0. The first kappa shape index (κ1) is 12.2. The van der Waals surface area contributed by atoms with Gasteiger partial charge in [0.15, 0.2) is 0 Å². The Morgan fingerprint density at radius 3 is 2.69 bits per heavy atom. The van der Waals surface area contributed by atoms with Crippen LogP contribution in [0.3, 0.4) is 0 Å². The van der Waals surface area contributed by atoms with Gasteiger partial charge in [0, 0.05) is 19.1 Å². The molecule has 1 heterocycles. The number of hydrogen-bond donors (Lipinski definition) is 0. The van der Waals surface area contributed by atoms with Gasteiger partial charge in [-0.1, -0.05) is 38.3 Å². The van der Waals surface area contributed by atoms with Gasteiger partial charge in [-0.25, -0.2) is 0 Å². The van der Waals surface area contributed by atoms with E-state index >= 15 is 0 Å². The van der Waals surface area contributed by atoms with Crippen molar-refractivity contribution in [2.24, 2.45) is 5.92 Å². The highest BCUT2D eigenvalue weighted by molar-refractivity contribution is 5.05. The fourth-order valence-electron chi connectivity index (χ4n) is 3.28. The van der Waals surface area contributed by atoms with Crippen molar-refractivity contribution in [2.45, 2.75) is 64.8 Å². The Kier molecular flexibility index (Phi) is 4.45. The molecule has 0 atom stereocenters. The number of rotatable bonds is 3. The van der Waals surface area contributed by atoms with E-state index in [1.165, 1.54) is 58.0 Å². The van der Waals surface area contributed by atoms with Crippen molar-refractivity contribution in [3.63, 3.8) is 0 Å². The van der Waals surface area contributed by atoms with Gasteiger partial charge in [-0.05, 0) is 38.0 Å². The van der Waals surface area contributed by atoms with E-state index in [4.69, 9.17) is 0 Å². The zero-order valence-corrected chi connectivity index (χ0v) is 11.0. The molecule has 1 fully saturated rings. The highest BCUT2D eigenvalue weighted by Crippen LogP contribution is 2.26. The number of hydrogen-bond acceptors (Lipinski definition) is 1. The lowest BCUT2D eigenvalue weighted by Gasteiger charge is -2.27. The molecule has 0 N–H and O–H groups in total. The minimum Gasteiger partial charge on any atom is -0.300 e. The topological polar surface area (TPSA) is 3.24 Å². The van der Waals surface area contributed by atoms with Crippen LogP contribution < -0.4 is 0 Å². The summed E-state index contributed by atoms with van der Waals surface area (Å²) in [4.78, 5) is 2.76. The first-order valence-electron chi connectivity index (χ1n) is 7.17. The molecule has 1 saturated carbocycles. The summed E-state index contributed by atoms with van der Waals surface area (Å²) < 4.78 is 0. The Bertz CT molecular complexity index is 236. The Morgan fingerprint density at radius 1 is 1.25 bits per heavy atom. The lowest BCUT2D eigenvalue weighted by molar-refractivity contribution is 0.208. The first-order chi connectivity index (χ1) is 7.75. The van der Waals surface area contributed by atoms with Crippen molar-refractivity contribution in [3.05, 3.63) is 11.6 Å². The lowest BCUT2D eigenvalue weighted by Crippen LogP contribution is -2.34. The van der Waals surface area contributed by atoms with Crippen molar-refractivity contribution in [2.75, 3.05) is 13.1 Å². The molecule has 0 amide bonds. The van der Waals surface area contributed by atoms with Crippen molar-refractivity contribution in [1.29, 1.82) is 0 Å². The molecule has 2 aliphatic rings. The second-order valence-electron chi connectivity index (χ2n) is 5.97. The summed E-state index contributed by atoms with van der Waals surface area (Å²) in [6.45, 7) is 7.30. The average Bonchev–Trinajstić information content (AvgIpc) is 2.66. The van der Waals surface area contributed by atoms with Gasteiger partial charge in [-0.2, -0.15) is 0 Å². The quantitative estimate of drug-likeness (QED) is 0.651.